The van der Waals surface area contributed by atoms with Gasteiger partial charge in [-0.15, -0.1) is 0 Å². The quantitative estimate of drug-likeness (QED) is 0.805. The van der Waals surface area contributed by atoms with Crippen LogP contribution in [0.5, 0.6) is 0 Å². The van der Waals surface area contributed by atoms with Gasteiger partial charge in [-0.05, 0) is 50.8 Å². The average molecular weight is 325 g/mol. The molecule has 1 aromatic heterocycles. The summed E-state index contributed by atoms with van der Waals surface area (Å²) in [6, 6.07) is 0. The second kappa shape index (κ2) is 7.95. The minimum atomic E-state index is -0.0296. The Balaban J connectivity index is 2.32. The van der Waals surface area contributed by atoms with Crippen molar-refractivity contribution in [2.45, 2.75) is 53.6 Å². The Morgan fingerprint density at radius 3 is 2.71 bits per heavy atom. The van der Waals surface area contributed by atoms with Crippen LogP contribution in [0.1, 0.15) is 51.3 Å². The molecule has 0 spiro atoms. The predicted molar refractivity (Wildman–Crippen MR) is 99.4 cm³/mol. The van der Waals surface area contributed by atoms with E-state index in [-0.39, 0.29) is 5.91 Å². The molecule has 1 aliphatic carbocycles. The molecule has 0 fully saturated rings. The summed E-state index contributed by atoms with van der Waals surface area (Å²) in [6.45, 7) is 12.9. The molecule has 1 heterocycles. The molecule has 0 aliphatic heterocycles. The summed E-state index contributed by atoms with van der Waals surface area (Å²) < 4.78 is 2.20. The lowest BCUT2D eigenvalue weighted by molar-refractivity contribution is -0.119. The molecule has 0 aromatic carbocycles. The van der Waals surface area contributed by atoms with Crippen molar-refractivity contribution in [1.29, 1.82) is 0 Å². The molecule has 1 amide bonds. The highest BCUT2D eigenvalue weighted by Gasteiger charge is 2.19. The fraction of sp³-hybridized carbons (Fsp3) is 0.400. The Labute approximate surface area is 144 Å². The molecular weight excluding hydrogens is 298 g/mol. The van der Waals surface area contributed by atoms with Gasteiger partial charge < -0.3 is 9.88 Å². The van der Waals surface area contributed by atoms with Crippen molar-refractivity contribution in [3.63, 3.8) is 0 Å². The first-order valence-corrected chi connectivity index (χ1v) is 8.47. The van der Waals surface area contributed by atoms with Gasteiger partial charge in [0.15, 0.2) is 0 Å². The molecule has 4 heteroatoms. The summed E-state index contributed by atoms with van der Waals surface area (Å²) in [7, 11) is 0. The molecule has 0 unspecified atom stereocenters. The predicted octanol–water partition coefficient (Wildman–Crippen LogP) is 3.95. The topological polar surface area (TPSA) is 46.9 Å². The number of fused-ring (bicyclic) bond motifs is 1. The smallest absolute Gasteiger partial charge is 0.217 e. The number of hydrogen-bond acceptors (Lipinski definition) is 2. The number of amides is 1. The molecule has 1 aromatic rings. The maximum absolute atomic E-state index is 11.2. The second-order valence-electron chi connectivity index (χ2n) is 6.15. The first-order chi connectivity index (χ1) is 11.5. The third-order valence-corrected chi connectivity index (χ3v) is 4.34. The van der Waals surface area contributed by atoms with Crippen LogP contribution >= 0.6 is 0 Å². The van der Waals surface area contributed by atoms with Crippen LogP contribution in [0.3, 0.4) is 0 Å². The normalized spacial score (nSPS) is 14.9. The Kier molecular flexibility index (Phi) is 5.96. The van der Waals surface area contributed by atoms with Crippen LogP contribution in [0.2, 0.25) is 0 Å². The lowest BCUT2D eigenvalue weighted by atomic mass is 9.94. The van der Waals surface area contributed by atoms with Gasteiger partial charge in [-0.2, -0.15) is 0 Å². The number of hydrogen-bond donors (Lipinski definition) is 1. The summed E-state index contributed by atoms with van der Waals surface area (Å²) >= 11 is 0. The van der Waals surface area contributed by atoms with E-state index in [0.29, 0.717) is 6.54 Å². The molecule has 0 radical (unpaired) electrons. The molecule has 0 atom stereocenters. The SMILES string of the molecule is C=CC(C)=CC=C(C)C1=Cc2c(nc(CNC(C)=O)n2CC)CC1. The number of aryl methyl sites for hydroxylation is 1. The zero-order valence-corrected chi connectivity index (χ0v) is 15.1. The molecule has 128 valence electrons. The van der Waals surface area contributed by atoms with Crippen LogP contribution < -0.4 is 5.32 Å². The van der Waals surface area contributed by atoms with Gasteiger partial charge >= 0.3 is 0 Å². The van der Waals surface area contributed by atoms with E-state index in [4.69, 9.17) is 4.98 Å². The molecule has 1 aliphatic rings. The molecule has 0 bridgehead atoms. The van der Waals surface area contributed by atoms with Crippen molar-refractivity contribution in [3.8, 4) is 0 Å². The van der Waals surface area contributed by atoms with Gasteiger partial charge in [-0.25, -0.2) is 4.98 Å². The van der Waals surface area contributed by atoms with Crippen LogP contribution in [-0.2, 0) is 24.3 Å². The largest absolute Gasteiger partial charge is 0.349 e. The molecule has 4 nitrogen and oxygen atoms in total. The van der Waals surface area contributed by atoms with Crippen molar-refractivity contribution < 1.29 is 4.79 Å². The fourth-order valence-corrected chi connectivity index (χ4v) is 2.84. The van der Waals surface area contributed by atoms with Crippen molar-refractivity contribution in [1.82, 2.24) is 14.9 Å². The maximum atomic E-state index is 11.2. The van der Waals surface area contributed by atoms with Crippen molar-refractivity contribution in [2.75, 3.05) is 0 Å². The second-order valence-corrected chi connectivity index (χ2v) is 6.15. The van der Waals surface area contributed by atoms with Crippen molar-refractivity contribution >= 4 is 12.0 Å². The molecule has 1 N–H and O–H groups in total. The first kappa shape index (κ1) is 18.0. The molecule has 0 saturated carbocycles. The third-order valence-electron chi connectivity index (χ3n) is 4.34. The number of aromatic nitrogens is 2. The van der Waals surface area contributed by atoms with Gasteiger partial charge in [-0.1, -0.05) is 30.4 Å². The number of nitrogens with zero attached hydrogens (tertiary/aromatic N) is 2. The van der Waals surface area contributed by atoms with Gasteiger partial charge in [0.05, 0.1) is 17.9 Å². The van der Waals surface area contributed by atoms with Crippen LogP contribution in [0.15, 0.2) is 41.5 Å². The minimum Gasteiger partial charge on any atom is -0.349 e. The van der Waals surface area contributed by atoms with Crippen LogP contribution in [0.4, 0.5) is 0 Å². The lowest BCUT2D eigenvalue weighted by Crippen LogP contribution is -2.21. The number of allylic oxidation sites excluding steroid dienone is 6. The minimum absolute atomic E-state index is 0.0296. The standard InChI is InChI=1S/C20H27N3O/c1-6-14(3)8-9-15(4)17-10-11-18-19(12-17)23(7-2)20(22-18)13-21-16(5)24/h6,8-9,12H,1,7,10-11,13H2,2-5H3,(H,21,24). The fourth-order valence-electron chi connectivity index (χ4n) is 2.84. The Morgan fingerprint density at radius 1 is 1.33 bits per heavy atom. The van der Waals surface area contributed by atoms with Crippen molar-refractivity contribution in [2.24, 2.45) is 0 Å². The number of nitrogens with one attached hydrogen (secondary N) is 1. The summed E-state index contributed by atoms with van der Waals surface area (Å²) in [5, 5.41) is 2.85. The van der Waals surface area contributed by atoms with E-state index in [1.807, 2.05) is 13.0 Å². The van der Waals surface area contributed by atoms with Gasteiger partial charge in [-0.3, -0.25) is 4.79 Å². The van der Waals surface area contributed by atoms with E-state index in [9.17, 15) is 4.79 Å². The number of carbonyl (C=O) groups is 1. The number of imidazole rings is 1. The Bertz CT molecular complexity index is 732. The monoisotopic (exact) mass is 325 g/mol. The zero-order valence-electron chi connectivity index (χ0n) is 15.1. The van der Waals surface area contributed by atoms with Crippen LogP contribution in [0, 0.1) is 0 Å². The zero-order chi connectivity index (χ0) is 17.7. The van der Waals surface area contributed by atoms with Gasteiger partial charge in [0.25, 0.3) is 0 Å². The maximum Gasteiger partial charge on any atom is 0.217 e. The lowest BCUT2D eigenvalue weighted by Gasteiger charge is -2.15. The van der Waals surface area contributed by atoms with E-state index < -0.39 is 0 Å². The third kappa shape index (κ3) is 4.13. The molecular formula is C20H27N3O. The number of rotatable bonds is 6. The van der Waals surface area contributed by atoms with E-state index in [0.717, 1.165) is 36.5 Å². The average Bonchev–Trinajstić information content (AvgIpc) is 2.93. The van der Waals surface area contributed by atoms with E-state index in [1.165, 1.54) is 23.8 Å². The van der Waals surface area contributed by atoms with E-state index >= 15 is 0 Å². The summed E-state index contributed by atoms with van der Waals surface area (Å²) in [5.41, 5.74) is 6.08. The van der Waals surface area contributed by atoms with Gasteiger partial charge in [0.2, 0.25) is 5.91 Å². The van der Waals surface area contributed by atoms with Gasteiger partial charge in [0.1, 0.15) is 5.82 Å². The summed E-state index contributed by atoms with van der Waals surface area (Å²) in [5.74, 6) is 0.900. The first-order valence-electron chi connectivity index (χ1n) is 8.47. The summed E-state index contributed by atoms with van der Waals surface area (Å²) in [6.07, 6.45) is 10.3. The Hall–Kier alpha value is -2.36. The highest BCUT2D eigenvalue weighted by atomic mass is 16.1. The highest BCUT2D eigenvalue weighted by molar-refractivity contribution is 5.72. The Morgan fingerprint density at radius 2 is 2.08 bits per heavy atom. The van der Waals surface area contributed by atoms with Gasteiger partial charge in [0, 0.05) is 13.5 Å². The van der Waals surface area contributed by atoms with E-state index in [2.05, 4.69) is 48.5 Å². The van der Waals surface area contributed by atoms with Crippen molar-refractivity contribution in [3.05, 3.63) is 58.7 Å². The van der Waals surface area contributed by atoms with Crippen LogP contribution in [0.25, 0.3) is 6.08 Å². The molecule has 2 rings (SSSR count). The summed E-state index contributed by atoms with van der Waals surface area (Å²) in [4.78, 5) is 15.9. The highest BCUT2D eigenvalue weighted by Crippen LogP contribution is 2.29. The number of carbonyl (C=O) groups excluding carboxylic acids is 1. The van der Waals surface area contributed by atoms with E-state index in [1.54, 1.807) is 0 Å². The molecule has 24 heavy (non-hydrogen) atoms. The van der Waals surface area contributed by atoms with Crippen LogP contribution in [-0.4, -0.2) is 15.5 Å². The molecule has 0 saturated heterocycles.